The van der Waals surface area contributed by atoms with E-state index in [-0.39, 0.29) is 45.5 Å². The molecule has 0 unspecified atom stereocenters. The predicted molar refractivity (Wildman–Crippen MR) is 76.8 cm³/mol. The Balaban J connectivity index is -0.0000000807. The van der Waals surface area contributed by atoms with Crippen LogP contribution in [0.4, 0.5) is 26.3 Å². The van der Waals surface area contributed by atoms with Crippen LogP contribution in [0.25, 0.3) is 0 Å². The summed E-state index contributed by atoms with van der Waals surface area (Å²) in [5, 5.41) is 0. The fraction of sp³-hybridized carbons (Fsp3) is 0.750. The van der Waals surface area contributed by atoms with E-state index in [1.165, 1.54) is 9.80 Å². The second-order valence-electron chi connectivity index (χ2n) is 3.94. The smallest absolute Gasteiger partial charge is 0.741 e. The zero-order valence-electron chi connectivity index (χ0n) is 14.1. The van der Waals surface area contributed by atoms with Crippen LogP contribution in [-0.4, -0.2) is 133 Å². The van der Waals surface area contributed by atoms with Crippen molar-refractivity contribution in [2.45, 2.75) is 11.0 Å². The van der Waals surface area contributed by atoms with Crippen LogP contribution in [0.1, 0.15) is 0 Å². The largest absolute Gasteiger partial charge is 2.00 e. The number of carbonyl (C=O) groups excluding carboxylic acids is 2. The van der Waals surface area contributed by atoms with Crippen molar-refractivity contribution in [3.05, 3.63) is 0 Å². The van der Waals surface area contributed by atoms with Crippen molar-refractivity contribution < 1.29 is 61.9 Å². The molecule has 160 valence electrons. The molecule has 27 heavy (non-hydrogen) atoms. The number of hydrogen-bond acceptors (Lipinski definition) is 8. The summed E-state index contributed by atoms with van der Waals surface area (Å²) < 4.78 is 118. The van der Waals surface area contributed by atoms with Gasteiger partial charge in [0.1, 0.15) is 0 Å². The van der Waals surface area contributed by atoms with Gasteiger partial charge in [0.25, 0.3) is 0 Å². The molecule has 0 heterocycles. The zero-order chi connectivity index (χ0) is 22.6. The van der Waals surface area contributed by atoms with Crippen LogP contribution < -0.4 is 0 Å². The summed E-state index contributed by atoms with van der Waals surface area (Å²) in [6.07, 6.45) is 1.50. The van der Waals surface area contributed by atoms with Gasteiger partial charge in [0, 0.05) is 28.2 Å². The summed E-state index contributed by atoms with van der Waals surface area (Å²) in [7, 11) is -5.43. The monoisotopic (exact) mass is 532 g/mol. The van der Waals surface area contributed by atoms with Crippen molar-refractivity contribution in [1.29, 1.82) is 0 Å². The Kier molecular flexibility index (Phi) is 21.9. The predicted octanol–water partition coefficient (Wildman–Crippen LogP) is -0.869. The molecule has 0 aliphatic heterocycles. The van der Waals surface area contributed by atoms with Crippen molar-refractivity contribution in [3.63, 3.8) is 0 Å². The first-order valence-electron chi connectivity index (χ1n) is 5.32. The third-order valence-corrected chi connectivity index (χ3v) is 2.12. The Bertz CT molecular complexity index is 549. The van der Waals surface area contributed by atoms with Crippen LogP contribution >= 0.6 is 0 Å². The number of amides is 2. The molecule has 0 N–H and O–H groups in total. The third kappa shape index (κ3) is 30.8. The minimum Gasteiger partial charge on any atom is -0.741 e. The molecule has 0 saturated heterocycles. The maximum atomic E-state index is 10.7. The van der Waals surface area contributed by atoms with Crippen LogP contribution in [0.15, 0.2) is 0 Å². The molecule has 0 aliphatic rings. The van der Waals surface area contributed by atoms with Crippen molar-refractivity contribution in [1.82, 2.24) is 9.80 Å². The molecule has 0 aromatic carbocycles. The molecule has 0 spiro atoms. The minimum atomic E-state index is -6.09. The van der Waals surface area contributed by atoms with Gasteiger partial charge >= 0.3 is 56.5 Å². The van der Waals surface area contributed by atoms with Crippen LogP contribution in [0.3, 0.4) is 0 Å². The average Bonchev–Trinajstić information content (AvgIpc) is 2.36. The molecular formula is C8H14F6N2O8S2Sr. The Hall–Kier alpha value is -0.179. The van der Waals surface area contributed by atoms with E-state index in [1.54, 1.807) is 28.2 Å². The van der Waals surface area contributed by atoms with Crippen molar-refractivity contribution in [2.75, 3.05) is 28.2 Å². The molecule has 0 bridgehead atoms. The van der Waals surface area contributed by atoms with Crippen molar-refractivity contribution in [2.24, 2.45) is 0 Å². The van der Waals surface area contributed by atoms with Gasteiger partial charge in [-0.3, -0.25) is 9.59 Å². The molecule has 0 radical (unpaired) electrons. The first kappa shape index (κ1) is 37.6. The minimum absolute atomic E-state index is 0. The number of hydrogen-bond donors (Lipinski definition) is 0. The maximum Gasteiger partial charge on any atom is 2.00 e. The Morgan fingerprint density at radius 2 is 0.741 bits per heavy atom. The van der Waals surface area contributed by atoms with Crippen LogP contribution in [0.2, 0.25) is 0 Å². The SMILES string of the molecule is CN(C)C=O.CN(C)C=O.O=S(=O)([O-])C(F)(F)F.O=S(=O)([O-])C(F)(F)F.[Sr+2]. The van der Waals surface area contributed by atoms with Gasteiger partial charge in [0.2, 0.25) is 12.8 Å². The molecule has 0 atom stereocenters. The molecule has 0 aromatic heterocycles. The molecule has 0 rings (SSSR count). The van der Waals surface area contributed by atoms with E-state index in [1.807, 2.05) is 0 Å². The maximum absolute atomic E-state index is 10.7. The summed E-state index contributed by atoms with van der Waals surface area (Å²) in [5.41, 5.74) is -11.3. The fourth-order valence-corrected chi connectivity index (χ4v) is 0. The van der Waals surface area contributed by atoms with Gasteiger partial charge in [-0.25, -0.2) is 16.8 Å². The Morgan fingerprint density at radius 1 is 0.667 bits per heavy atom. The van der Waals surface area contributed by atoms with E-state index < -0.39 is 31.3 Å². The van der Waals surface area contributed by atoms with Gasteiger partial charge in [-0.2, -0.15) is 26.3 Å². The van der Waals surface area contributed by atoms with E-state index in [0.29, 0.717) is 0 Å². The summed E-state index contributed by atoms with van der Waals surface area (Å²) in [6.45, 7) is 0. The van der Waals surface area contributed by atoms with Crippen molar-refractivity contribution >= 4 is 78.5 Å². The number of alkyl halides is 6. The molecule has 2 amide bonds. The zero-order valence-corrected chi connectivity index (χ0v) is 19.2. The Morgan fingerprint density at radius 3 is 0.741 bits per heavy atom. The number of rotatable bonds is 2. The first-order valence-corrected chi connectivity index (χ1v) is 8.14. The van der Waals surface area contributed by atoms with Crippen molar-refractivity contribution in [3.8, 4) is 0 Å². The third-order valence-electron chi connectivity index (χ3n) is 0.989. The van der Waals surface area contributed by atoms with E-state index in [2.05, 4.69) is 0 Å². The topological polar surface area (TPSA) is 155 Å². The molecule has 0 fully saturated rings. The standard InChI is InChI=1S/2C3H7NO.2CHF3O3S.Sr/c2*1-4(2)3-5;2*2-1(3,4)8(5,6)7;/h2*3H,1-2H3;2*(H,5,6,7);/q;;;;+2/p-2. The number of nitrogens with zero attached hydrogens (tertiary/aromatic N) is 2. The molecule has 19 heteroatoms. The fourth-order valence-electron chi connectivity index (χ4n) is 0. The number of halogens is 6. The molecular weight excluding hydrogens is 518 g/mol. The van der Waals surface area contributed by atoms with Gasteiger partial charge < -0.3 is 18.9 Å². The second kappa shape index (κ2) is 15.7. The number of carbonyl (C=O) groups is 2. The second-order valence-corrected chi connectivity index (χ2v) is 6.68. The van der Waals surface area contributed by atoms with Gasteiger partial charge in [-0.05, 0) is 0 Å². The van der Waals surface area contributed by atoms with Crippen LogP contribution in [0, 0.1) is 0 Å². The summed E-state index contributed by atoms with van der Waals surface area (Å²) in [4.78, 5) is 21.8. The van der Waals surface area contributed by atoms with Gasteiger partial charge in [-0.1, -0.05) is 0 Å². The van der Waals surface area contributed by atoms with Crippen LogP contribution in [0.5, 0.6) is 0 Å². The normalized spacial score (nSPS) is 10.8. The quantitative estimate of drug-likeness (QED) is 0.146. The summed E-state index contributed by atoms with van der Waals surface area (Å²) >= 11 is 0. The van der Waals surface area contributed by atoms with Gasteiger partial charge in [0.15, 0.2) is 20.2 Å². The van der Waals surface area contributed by atoms with Gasteiger partial charge in [-0.15, -0.1) is 0 Å². The van der Waals surface area contributed by atoms with E-state index in [9.17, 15) is 35.9 Å². The molecule has 0 saturated carbocycles. The van der Waals surface area contributed by atoms with Gasteiger partial charge in [0.05, 0.1) is 0 Å². The summed E-state index contributed by atoms with van der Waals surface area (Å²) in [5.74, 6) is 0. The average molecular weight is 532 g/mol. The van der Waals surface area contributed by atoms with Crippen LogP contribution in [-0.2, 0) is 29.8 Å². The molecule has 10 nitrogen and oxygen atoms in total. The van der Waals surface area contributed by atoms with E-state index in [0.717, 1.165) is 12.8 Å². The Labute approximate surface area is 188 Å². The first-order chi connectivity index (χ1) is 11.0. The van der Waals surface area contributed by atoms with E-state index >= 15 is 0 Å². The molecule has 0 aromatic rings. The molecule has 0 aliphatic carbocycles. The summed E-state index contributed by atoms with van der Waals surface area (Å²) in [6, 6.07) is 0. The van der Waals surface area contributed by atoms with E-state index in [4.69, 9.17) is 25.9 Å².